The summed E-state index contributed by atoms with van der Waals surface area (Å²) in [4.78, 5) is 16.7. The van der Waals surface area contributed by atoms with Gasteiger partial charge in [0.05, 0.1) is 11.4 Å². The van der Waals surface area contributed by atoms with Gasteiger partial charge < -0.3 is 5.32 Å². The van der Waals surface area contributed by atoms with Crippen molar-refractivity contribution >= 4 is 23.4 Å². The summed E-state index contributed by atoms with van der Waals surface area (Å²) in [6.07, 6.45) is 3.64. The quantitative estimate of drug-likeness (QED) is 0.463. The van der Waals surface area contributed by atoms with Crippen LogP contribution < -0.4 is 5.32 Å². The van der Waals surface area contributed by atoms with E-state index in [9.17, 15) is 4.79 Å². The molecule has 0 atom stereocenters. The van der Waals surface area contributed by atoms with Crippen molar-refractivity contribution < 1.29 is 4.79 Å². The second-order valence-electron chi connectivity index (χ2n) is 6.92. The number of imidazole rings is 1. The summed E-state index contributed by atoms with van der Waals surface area (Å²) in [5.41, 5.74) is 4.98. The van der Waals surface area contributed by atoms with Crippen LogP contribution >= 0.6 is 11.8 Å². The van der Waals surface area contributed by atoms with Gasteiger partial charge in [0.1, 0.15) is 11.4 Å². The molecule has 0 bridgehead atoms. The number of anilines is 1. The SMILES string of the molecule is Cc1ccc(NC(=O)CSc2ccc(-n3cnc(-c4ccccc4)c3)nn2)c(C)c1. The van der Waals surface area contributed by atoms with E-state index >= 15 is 0 Å². The van der Waals surface area contributed by atoms with E-state index in [4.69, 9.17) is 0 Å². The summed E-state index contributed by atoms with van der Waals surface area (Å²) in [5, 5.41) is 12.1. The first-order chi connectivity index (χ1) is 14.6. The van der Waals surface area contributed by atoms with Gasteiger partial charge in [0.25, 0.3) is 0 Å². The number of aromatic nitrogens is 4. The molecule has 0 saturated carbocycles. The Labute approximate surface area is 179 Å². The summed E-state index contributed by atoms with van der Waals surface area (Å²) in [5.74, 6) is 0.874. The van der Waals surface area contributed by atoms with E-state index in [-0.39, 0.29) is 11.7 Å². The first-order valence-corrected chi connectivity index (χ1v) is 10.5. The molecule has 1 amide bonds. The first kappa shape index (κ1) is 19.8. The number of aryl methyl sites for hydroxylation is 2. The van der Waals surface area contributed by atoms with Crippen LogP contribution in [0, 0.1) is 13.8 Å². The molecule has 4 rings (SSSR count). The number of carbonyl (C=O) groups is 1. The fourth-order valence-electron chi connectivity index (χ4n) is 3.01. The maximum atomic E-state index is 12.3. The Morgan fingerprint density at radius 2 is 1.87 bits per heavy atom. The molecule has 6 nitrogen and oxygen atoms in total. The molecule has 0 aliphatic heterocycles. The zero-order valence-electron chi connectivity index (χ0n) is 16.7. The van der Waals surface area contributed by atoms with Crippen molar-refractivity contribution in [2.75, 3.05) is 11.1 Å². The van der Waals surface area contributed by atoms with Gasteiger partial charge in [-0.05, 0) is 37.6 Å². The van der Waals surface area contributed by atoms with E-state index in [2.05, 4.69) is 20.5 Å². The Hall–Kier alpha value is -3.45. The van der Waals surface area contributed by atoms with Crippen LogP contribution in [0.2, 0.25) is 0 Å². The Morgan fingerprint density at radius 3 is 2.60 bits per heavy atom. The van der Waals surface area contributed by atoms with Crippen molar-refractivity contribution in [3.05, 3.63) is 84.3 Å². The molecule has 0 saturated heterocycles. The molecule has 0 fully saturated rings. The molecule has 0 radical (unpaired) electrons. The van der Waals surface area contributed by atoms with Gasteiger partial charge in [-0.15, -0.1) is 10.2 Å². The van der Waals surface area contributed by atoms with Crippen LogP contribution in [0.3, 0.4) is 0 Å². The monoisotopic (exact) mass is 415 g/mol. The van der Waals surface area contributed by atoms with E-state index in [0.29, 0.717) is 10.8 Å². The average molecular weight is 416 g/mol. The minimum atomic E-state index is -0.0695. The van der Waals surface area contributed by atoms with Gasteiger partial charge in [-0.3, -0.25) is 9.36 Å². The summed E-state index contributed by atoms with van der Waals surface area (Å²) >= 11 is 1.35. The fraction of sp³-hybridized carbons (Fsp3) is 0.130. The van der Waals surface area contributed by atoms with E-state index in [1.807, 2.05) is 85.3 Å². The minimum absolute atomic E-state index is 0.0695. The summed E-state index contributed by atoms with van der Waals surface area (Å²) < 4.78 is 1.83. The highest BCUT2D eigenvalue weighted by atomic mass is 32.2. The van der Waals surface area contributed by atoms with Gasteiger partial charge in [0.15, 0.2) is 5.82 Å². The average Bonchev–Trinajstić information content (AvgIpc) is 3.26. The normalized spacial score (nSPS) is 10.7. The molecule has 2 aromatic heterocycles. The third-order valence-electron chi connectivity index (χ3n) is 4.55. The lowest BCUT2D eigenvalue weighted by atomic mass is 10.1. The van der Waals surface area contributed by atoms with Gasteiger partial charge >= 0.3 is 0 Å². The highest BCUT2D eigenvalue weighted by Crippen LogP contribution is 2.20. The van der Waals surface area contributed by atoms with E-state index in [1.165, 1.54) is 17.3 Å². The van der Waals surface area contributed by atoms with Crippen LogP contribution in [0.4, 0.5) is 5.69 Å². The van der Waals surface area contributed by atoms with Crippen molar-refractivity contribution in [3.8, 4) is 17.1 Å². The van der Waals surface area contributed by atoms with Crippen LogP contribution in [0.5, 0.6) is 0 Å². The van der Waals surface area contributed by atoms with Crippen LogP contribution in [-0.4, -0.2) is 31.4 Å². The molecule has 0 aliphatic rings. The lowest BCUT2D eigenvalue weighted by molar-refractivity contribution is -0.113. The summed E-state index contributed by atoms with van der Waals surface area (Å²) in [7, 11) is 0. The Morgan fingerprint density at radius 1 is 1.03 bits per heavy atom. The van der Waals surface area contributed by atoms with Crippen LogP contribution in [0.1, 0.15) is 11.1 Å². The van der Waals surface area contributed by atoms with Crippen LogP contribution in [0.15, 0.2) is 78.2 Å². The summed E-state index contributed by atoms with van der Waals surface area (Å²) in [6.45, 7) is 4.02. The van der Waals surface area contributed by atoms with Gasteiger partial charge in [0.2, 0.25) is 5.91 Å². The van der Waals surface area contributed by atoms with Crippen molar-refractivity contribution in [1.29, 1.82) is 0 Å². The molecule has 7 heteroatoms. The number of nitrogens with zero attached hydrogens (tertiary/aromatic N) is 4. The second kappa shape index (κ2) is 8.92. The topological polar surface area (TPSA) is 72.7 Å². The van der Waals surface area contributed by atoms with Crippen LogP contribution in [0.25, 0.3) is 17.1 Å². The maximum absolute atomic E-state index is 12.3. The number of hydrogen-bond donors (Lipinski definition) is 1. The van der Waals surface area contributed by atoms with Gasteiger partial charge in [-0.25, -0.2) is 4.98 Å². The highest BCUT2D eigenvalue weighted by Gasteiger charge is 2.08. The molecule has 0 spiro atoms. The molecule has 2 aromatic carbocycles. The van der Waals surface area contributed by atoms with E-state index in [1.54, 1.807) is 6.33 Å². The largest absolute Gasteiger partial charge is 0.325 e. The molecule has 150 valence electrons. The zero-order valence-corrected chi connectivity index (χ0v) is 17.6. The molecular formula is C23H21N5OS. The smallest absolute Gasteiger partial charge is 0.234 e. The lowest BCUT2D eigenvalue weighted by Crippen LogP contribution is -2.15. The standard InChI is InChI=1S/C23H21N5OS/c1-16-8-9-19(17(2)12-16)25-22(29)14-30-23-11-10-21(26-27-23)28-13-20(24-15-28)18-6-4-3-5-7-18/h3-13,15H,14H2,1-2H3,(H,25,29). The molecule has 4 aromatic rings. The number of amides is 1. The molecule has 1 N–H and O–H groups in total. The van der Waals surface area contributed by atoms with Crippen molar-refractivity contribution in [1.82, 2.24) is 19.7 Å². The predicted molar refractivity (Wildman–Crippen MR) is 120 cm³/mol. The van der Waals surface area contributed by atoms with Crippen LogP contribution in [-0.2, 0) is 4.79 Å². The summed E-state index contributed by atoms with van der Waals surface area (Å²) in [6, 6.07) is 19.7. The molecule has 0 aliphatic carbocycles. The van der Waals surface area contributed by atoms with Crippen molar-refractivity contribution in [3.63, 3.8) is 0 Å². The third-order valence-corrected chi connectivity index (χ3v) is 5.47. The number of benzene rings is 2. The Balaban J connectivity index is 1.36. The maximum Gasteiger partial charge on any atom is 0.234 e. The van der Waals surface area contributed by atoms with E-state index < -0.39 is 0 Å². The first-order valence-electron chi connectivity index (χ1n) is 9.52. The van der Waals surface area contributed by atoms with Gasteiger partial charge in [-0.2, -0.15) is 0 Å². The van der Waals surface area contributed by atoms with E-state index in [0.717, 1.165) is 22.5 Å². The number of thioether (sulfide) groups is 1. The highest BCUT2D eigenvalue weighted by molar-refractivity contribution is 7.99. The second-order valence-corrected chi connectivity index (χ2v) is 7.91. The molecule has 30 heavy (non-hydrogen) atoms. The molecular weight excluding hydrogens is 394 g/mol. The Kier molecular flexibility index (Phi) is 5.90. The molecule has 2 heterocycles. The number of carbonyl (C=O) groups excluding carboxylic acids is 1. The number of nitrogens with one attached hydrogen (secondary N) is 1. The Bertz CT molecular complexity index is 1160. The zero-order chi connectivity index (χ0) is 20.9. The lowest BCUT2D eigenvalue weighted by Gasteiger charge is -2.09. The fourth-order valence-corrected chi connectivity index (χ4v) is 3.63. The minimum Gasteiger partial charge on any atom is -0.325 e. The van der Waals surface area contributed by atoms with Crippen molar-refractivity contribution in [2.45, 2.75) is 18.9 Å². The predicted octanol–water partition coefficient (Wildman–Crippen LogP) is 4.68. The van der Waals surface area contributed by atoms with Gasteiger partial charge in [0, 0.05) is 17.4 Å². The number of hydrogen-bond acceptors (Lipinski definition) is 5. The number of rotatable bonds is 6. The van der Waals surface area contributed by atoms with Gasteiger partial charge in [-0.1, -0.05) is 59.8 Å². The molecule has 0 unspecified atom stereocenters. The van der Waals surface area contributed by atoms with Crippen molar-refractivity contribution in [2.24, 2.45) is 0 Å². The third kappa shape index (κ3) is 4.75.